The predicted octanol–water partition coefficient (Wildman–Crippen LogP) is 6.51. The highest BCUT2D eigenvalue weighted by atomic mass is 79.9. The lowest BCUT2D eigenvalue weighted by molar-refractivity contribution is 0.477. The smallest absolute Gasteiger partial charge is 0.130 e. The monoisotopic (exact) mass is 408 g/mol. The molecule has 0 unspecified atom stereocenters. The maximum atomic E-state index is 6.08. The van der Waals surface area contributed by atoms with Crippen LogP contribution in [0.5, 0.6) is 11.5 Å². The van der Waals surface area contributed by atoms with E-state index >= 15 is 0 Å². The summed E-state index contributed by atoms with van der Waals surface area (Å²) in [7, 11) is 0. The zero-order chi connectivity index (χ0) is 17.7. The highest BCUT2D eigenvalue weighted by Crippen LogP contribution is 2.33. The Morgan fingerprint density at radius 1 is 1.08 bits per heavy atom. The van der Waals surface area contributed by atoms with Gasteiger partial charge in [0.1, 0.15) is 11.5 Å². The van der Waals surface area contributed by atoms with Crippen molar-refractivity contribution in [3.8, 4) is 11.5 Å². The average molecular weight is 410 g/mol. The van der Waals surface area contributed by atoms with E-state index in [0.29, 0.717) is 10.8 Å². The molecule has 0 atom stereocenters. The fourth-order valence-electron chi connectivity index (χ4n) is 2.27. The van der Waals surface area contributed by atoms with Crippen LogP contribution in [-0.2, 0) is 0 Å². The van der Waals surface area contributed by atoms with Crippen molar-refractivity contribution >= 4 is 39.6 Å². The van der Waals surface area contributed by atoms with E-state index in [4.69, 9.17) is 16.3 Å². The van der Waals surface area contributed by atoms with E-state index in [0.717, 1.165) is 40.1 Å². The number of rotatable bonds is 6. The molecule has 0 aliphatic carbocycles. The first-order chi connectivity index (χ1) is 11.4. The number of benzene rings is 2. The minimum atomic E-state index is 0.634. The second-order valence-electron chi connectivity index (χ2n) is 5.58. The highest BCUT2D eigenvalue weighted by molar-refractivity contribution is 9.10. The molecule has 5 heteroatoms. The van der Waals surface area contributed by atoms with E-state index in [9.17, 15) is 0 Å². The first-order valence-electron chi connectivity index (χ1n) is 7.96. The van der Waals surface area contributed by atoms with Crippen LogP contribution in [0.15, 0.2) is 39.8 Å². The van der Waals surface area contributed by atoms with Crippen molar-refractivity contribution in [3.63, 3.8) is 0 Å². The van der Waals surface area contributed by atoms with Crippen LogP contribution in [0.1, 0.15) is 25.0 Å². The van der Waals surface area contributed by atoms with Gasteiger partial charge in [-0.1, -0.05) is 27.5 Å². The van der Waals surface area contributed by atoms with Gasteiger partial charge in [0.2, 0.25) is 0 Å². The molecule has 0 N–H and O–H groups in total. The first-order valence-corrected chi connectivity index (χ1v) is 9.13. The van der Waals surface area contributed by atoms with Crippen LogP contribution in [-0.4, -0.2) is 24.3 Å². The van der Waals surface area contributed by atoms with Crippen LogP contribution in [0.3, 0.4) is 0 Å². The summed E-state index contributed by atoms with van der Waals surface area (Å²) in [6, 6.07) is 9.58. The number of hydrogen-bond donors (Lipinski definition) is 0. The Bertz CT molecular complexity index is 722. The average Bonchev–Trinajstić information content (AvgIpc) is 2.51. The molecule has 0 aromatic heterocycles. The molecule has 128 valence electrons. The summed E-state index contributed by atoms with van der Waals surface area (Å²) in [5.41, 5.74) is 3.06. The molecular weight excluding hydrogens is 388 g/mol. The Balaban J connectivity index is 2.26. The number of aryl methyl sites for hydroxylation is 2. The van der Waals surface area contributed by atoms with Gasteiger partial charge in [-0.15, -0.1) is 0 Å². The summed E-state index contributed by atoms with van der Waals surface area (Å²) in [6.45, 7) is 10.2. The lowest BCUT2D eigenvalue weighted by atomic mass is 10.1. The lowest BCUT2D eigenvalue weighted by Crippen LogP contribution is -2.20. The zero-order valence-corrected chi connectivity index (χ0v) is 16.8. The van der Waals surface area contributed by atoms with Crippen molar-refractivity contribution in [2.24, 2.45) is 4.99 Å². The summed E-state index contributed by atoms with van der Waals surface area (Å²) in [6.07, 6.45) is 1.90. The molecule has 0 fully saturated rings. The molecule has 0 heterocycles. The van der Waals surface area contributed by atoms with Gasteiger partial charge in [-0.05, 0) is 69.2 Å². The van der Waals surface area contributed by atoms with Crippen molar-refractivity contribution in [3.05, 3.63) is 51.0 Å². The van der Waals surface area contributed by atoms with Gasteiger partial charge in [0.15, 0.2) is 0 Å². The van der Waals surface area contributed by atoms with Gasteiger partial charge < -0.3 is 9.64 Å². The fourth-order valence-corrected chi connectivity index (χ4v) is 3.10. The van der Waals surface area contributed by atoms with Crippen LogP contribution in [0.4, 0.5) is 5.69 Å². The Morgan fingerprint density at radius 2 is 1.79 bits per heavy atom. The van der Waals surface area contributed by atoms with Crippen molar-refractivity contribution in [1.82, 2.24) is 4.90 Å². The molecule has 24 heavy (non-hydrogen) atoms. The maximum Gasteiger partial charge on any atom is 0.130 e. The van der Waals surface area contributed by atoms with Gasteiger partial charge in [0.25, 0.3) is 0 Å². The Hall–Kier alpha value is -1.52. The van der Waals surface area contributed by atoms with Gasteiger partial charge in [-0.3, -0.25) is 0 Å². The standard InChI is InChI=1S/C19H22BrClN2O/c1-5-23(6-2)12-22-18-7-14(4)19(8-13(18)3)24-17-10-15(20)9-16(21)11-17/h7-12H,5-6H2,1-4H3/b22-12+. The minimum Gasteiger partial charge on any atom is -0.457 e. The van der Waals surface area contributed by atoms with Crippen LogP contribution in [0.2, 0.25) is 5.02 Å². The fraction of sp³-hybridized carbons (Fsp3) is 0.316. The summed E-state index contributed by atoms with van der Waals surface area (Å²) < 4.78 is 6.89. The molecule has 3 nitrogen and oxygen atoms in total. The molecule has 0 radical (unpaired) electrons. The molecule has 2 aromatic rings. The summed E-state index contributed by atoms with van der Waals surface area (Å²) in [4.78, 5) is 6.76. The van der Waals surface area contributed by atoms with E-state index in [1.165, 1.54) is 0 Å². The SMILES string of the molecule is CCN(/C=N/c1cc(C)c(Oc2cc(Cl)cc(Br)c2)cc1C)CC. The summed E-state index contributed by atoms with van der Waals surface area (Å²) in [5, 5.41) is 0.634. The zero-order valence-electron chi connectivity index (χ0n) is 14.4. The molecule has 2 rings (SSSR count). The second-order valence-corrected chi connectivity index (χ2v) is 6.93. The van der Waals surface area contributed by atoms with Crippen molar-refractivity contribution in [2.45, 2.75) is 27.7 Å². The Morgan fingerprint density at radius 3 is 2.42 bits per heavy atom. The molecule has 2 aromatic carbocycles. The molecule has 0 aliphatic rings. The topological polar surface area (TPSA) is 24.8 Å². The molecule has 0 bridgehead atoms. The van der Waals surface area contributed by atoms with Crippen molar-refractivity contribution in [1.29, 1.82) is 0 Å². The van der Waals surface area contributed by atoms with Crippen LogP contribution in [0, 0.1) is 13.8 Å². The first kappa shape index (κ1) is 18.8. The maximum absolute atomic E-state index is 6.08. The largest absolute Gasteiger partial charge is 0.457 e. The normalized spacial score (nSPS) is 11.1. The van der Waals surface area contributed by atoms with Gasteiger partial charge in [-0.2, -0.15) is 0 Å². The van der Waals surface area contributed by atoms with Gasteiger partial charge in [0, 0.05) is 22.6 Å². The van der Waals surface area contributed by atoms with Gasteiger partial charge in [0.05, 0.1) is 12.0 Å². The van der Waals surface area contributed by atoms with Crippen molar-refractivity contribution in [2.75, 3.05) is 13.1 Å². The van der Waals surface area contributed by atoms with E-state index in [1.807, 2.05) is 44.5 Å². The third kappa shape index (κ3) is 4.99. The van der Waals surface area contributed by atoms with E-state index in [2.05, 4.69) is 39.7 Å². The number of ether oxygens (including phenoxy) is 1. The molecule has 0 aliphatic heterocycles. The number of hydrogen-bond acceptors (Lipinski definition) is 2. The van der Waals surface area contributed by atoms with Crippen LogP contribution in [0.25, 0.3) is 0 Å². The summed E-state index contributed by atoms with van der Waals surface area (Å²) in [5.74, 6) is 1.51. The molecule has 0 amide bonds. The summed E-state index contributed by atoms with van der Waals surface area (Å²) >= 11 is 9.51. The molecule has 0 saturated carbocycles. The number of aliphatic imine (C=N–C) groups is 1. The Labute approximate surface area is 157 Å². The van der Waals surface area contributed by atoms with E-state index in [1.54, 1.807) is 6.07 Å². The van der Waals surface area contributed by atoms with Gasteiger partial charge in [-0.25, -0.2) is 4.99 Å². The molecule has 0 spiro atoms. The minimum absolute atomic E-state index is 0.634. The lowest BCUT2D eigenvalue weighted by Gasteiger charge is -2.15. The third-order valence-electron chi connectivity index (χ3n) is 3.73. The third-order valence-corrected chi connectivity index (χ3v) is 4.41. The van der Waals surface area contributed by atoms with E-state index in [-0.39, 0.29) is 0 Å². The molecular formula is C19H22BrClN2O. The van der Waals surface area contributed by atoms with E-state index < -0.39 is 0 Å². The number of halogens is 2. The van der Waals surface area contributed by atoms with Crippen LogP contribution < -0.4 is 4.74 Å². The van der Waals surface area contributed by atoms with Crippen LogP contribution >= 0.6 is 27.5 Å². The Kier molecular flexibility index (Phi) is 6.69. The van der Waals surface area contributed by atoms with Crippen molar-refractivity contribution < 1.29 is 4.74 Å². The number of nitrogens with zero attached hydrogens (tertiary/aromatic N) is 2. The highest BCUT2D eigenvalue weighted by Gasteiger charge is 2.08. The predicted molar refractivity (Wildman–Crippen MR) is 106 cm³/mol. The van der Waals surface area contributed by atoms with Gasteiger partial charge >= 0.3 is 0 Å². The second kappa shape index (κ2) is 8.54. The quantitative estimate of drug-likeness (QED) is 0.401. The molecule has 0 saturated heterocycles.